The molecule has 1 N–H and O–H groups in total. The van der Waals surface area contributed by atoms with Gasteiger partial charge in [-0.2, -0.15) is 0 Å². The van der Waals surface area contributed by atoms with E-state index in [4.69, 9.17) is 18.3 Å². The SMILES string of the molecule is O=P1(OC(O)COC(c2ccccc2)(c2ccccc2)c2ccccc2)OCCO1. The zero-order chi connectivity index (χ0) is 20.9. The Morgan fingerprint density at radius 2 is 1.20 bits per heavy atom. The second kappa shape index (κ2) is 9.23. The van der Waals surface area contributed by atoms with Crippen molar-refractivity contribution in [3.05, 3.63) is 108 Å². The summed E-state index contributed by atoms with van der Waals surface area (Å²) < 4.78 is 33.8. The number of phosphoric ester groups is 1. The van der Waals surface area contributed by atoms with E-state index in [9.17, 15) is 9.67 Å². The second-order valence-corrected chi connectivity index (χ2v) is 8.39. The van der Waals surface area contributed by atoms with E-state index in [0.29, 0.717) is 0 Å². The molecule has 1 fully saturated rings. The minimum atomic E-state index is -3.75. The van der Waals surface area contributed by atoms with Crippen LogP contribution in [0.15, 0.2) is 91.0 Å². The standard InChI is InChI=1S/C23H23O6P/c24-22(29-30(25)27-16-17-28-30)18-26-23(19-10-4-1-5-11-19,20-12-6-2-7-13-20)21-14-8-3-9-15-21/h1-15,22,24H,16-18H2. The summed E-state index contributed by atoms with van der Waals surface area (Å²) in [5, 5.41) is 10.4. The van der Waals surface area contributed by atoms with Crippen LogP contribution in [0, 0.1) is 0 Å². The summed E-state index contributed by atoms with van der Waals surface area (Å²) in [4.78, 5) is 0. The van der Waals surface area contributed by atoms with Gasteiger partial charge in [0.25, 0.3) is 0 Å². The van der Waals surface area contributed by atoms with Crippen LogP contribution in [0.2, 0.25) is 0 Å². The molecular formula is C23H23O6P. The fourth-order valence-corrected chi connectivity index (χ4v) is 4.69. The highest BCUT2D eigenvalue weighted by Crippen LogP contribution is 2.53. The lowest BCUT2D eigenvalue weighted by molar-refractivity contribution is -0.119. The van der Waals surface area contributed by atoms with E-state index >= 15 is 0 Å². The van der Waals surface area contributed by atoms with Crippen LogP contribution < -0.4 is 0 Å². The smallest absolute Gasteiger partial charge is 0.366 e. The first kappa shape index (κ1) is 20.9. The molecule has 30 heavy (non-hydrogen) atoms. The molecule has 3 aromatic carbocycles. The molecule has 3 aromatic rings. The highest BCUT2D eigenvalue weighted by molar-refractivity contribution is 7.48. The van der Waals surface area contributed by atoms with Crippen molar-refractivity contribution in [1.82, 2.24) is 0 Å². The Morgan fingerprint density at radius 1 is 0.800 bits per heavy atom. The topological polar surface area (TPSA) is 74.2 Å². The van der Waals surface area contributed by atoms with Crippen LogP contribution in [-0.2, 0) is 28.5 Å². The maximum atomic E-state index is 12.3. The number of hydrogen-bond donors (Lipinski definition) is 1. The molecule has 1 saturated heterocycles. The first-order valence-electron chi connectivity index (χ1n) is 9.68. The van der Waals surface area contributed by atoms with E-state index in [1.807, 2.05) is 91.0 Å². The van der Waals surface area contributed by atoms with Crippen molar-refractivity contribution in [1.29, 1.82) is 0 Å². The molecule has 0 aromatic heterocycles. The van der Waals surface area contributed by atoms with E-state index in [2.05, 4.69) is 0 Å². The number of aliphatic hydroxyl groups excluding tert-OH is 1. The summed E-state index contributed by atoms with van der Waals surface area (Å²) in [5.41, 5.74) is 1.64. The predicted molar refractivity (Wildman–Crippen MR) is 112 cm³/mol. The van der Waals surface area contributed by atoms with E-state index in [-0.39, 0.29) is 19.8 Å². The summed E-state index contributed by atoms with van der Waals surface area (Å²) in [6.07, 6.45) is -1.50. The molecule has 4 rings (SSSR count). The van der Waals surface area contributed by atoms with Crippen molar-refractivity contribution in [3.8, 4) is 0 Å². The van der Waals surface area contributed by atoms with Crippen LogP contribution in [0.3, 0.4) is 0 Å². The Morgan fingerprint density at radius 3 is 1.60 bits per heavy atom. The largest absolute Gasteiger partial charge is 0.477 e. The summed E-state index contributed by atoms with van der Waals surface area (Å²) in [5.74, 6) is 0. The van der Waals surface area contributed by atoms with Crippen molar-refractivity contribution >= 4 is 7.82 Å². The zero-order valence-electron chi connectivity index (χ0n) is 16.3. The molecule has 1 heterocycles. The molecule has 1 atom stereocenters. The number of rotatable bonds is 8. The monoisotopic (exact) mass is 426 g/mol. The highest BCUT2D eigenvalue weighted by Gasteiger charge is 2.40. The average Bonchev–Trinajstić information content (AvgIpc) is 3.22. The minimum Gasteiger partial charge on any atom is -0.366 e. The van der Waals surface area contributed by atoms with Gasteiger partial charge in [0.05, 0.1) is 13.2 Å². The minimum absolute atomic E-state index is 0.160. The van der Waals surface area contributed by atoms with Gasteiger partial charge in [0.15, 0.2) is 6.29 Å². The van der Waals surface area contributed by atoms with Gasteiger partial charge in [-0.05, 0) is 16.7 Å². The Kier molecular flexibility index (Phi) is 6.44. The lowest BCUT2D eigenvalue weighted by Crippen LogP contribution is -2.36. The van der Waals surface area contributed by atoms with Gasteiger partial charge >= 0.3 is 7.82 Å². The fourth-order valence-electron chi connectivity index (χ4n) is 3.54. The number of ether oxygens (including phenoxy) is 1. The van der Waals surface area contributed by atoms with Crippen molar-refractivity contribution in [3.63, 3.8) is 0 Å². The molecule has 0 radical (unpaired) electrons. The fraction of sp³-hybridized carbons (Fsp3) is 0.217. The van der Waals surface area contributed by atoms with Crippen LogP contribution in [0.5, 0.6) is 0 Å². The summed E-state index contributed by atoms with van der Waals surface area (Å²) in [6, 6.07) is 29.2. The van der Waals surface area contributed by atoms with Crippen molar-refractivity contribution < 1.29 is 28.0 Å². The van der Waals surface area contributed by atoms with Gasteiger partial charge in [0.1, 0.15) is 12.2 Å². The van der Waals surface area contributed by atoms with Gasteiger partial charge in [-0.25, -0.2) is 4.57 Å². The Balaban J connectivity index is 1.72. The molecule has 7 heteroatoms. The molecule has 0 amide bonds. The lowest BCUT2D eigenvalue weighted by atomic mass is 9.80. The number of phosphoric acid groups is 1. The first-order chi connectivity index (χ1) is 14.6. The van der Waals surface area contributed by atoms with Crippen molar-refractivity contribution in [2.45, 2.75) is 11.9 Å². The summed E-state index contributed by atoms with van der Waals surface area (Å²) in [6.45, 7) is 0.0646. The molecule has 6 nitrogen and oxygen atoms in total. The summed E-state index contributed by atoms with van der Waals surface area (Å²) in [7, 11) is -3.75. The number of benzene rings is 3. The van der Waals surface area contributed by atoms with E-state index in [1.54, 1.807) is 0 Å². The summed E-state index contributed by atoms with van der Waals surface area (Å²) >= 11 is 0. The molecule has 0 saturated carbocycles. The van der Waals surface area contributed by atoms with Crippen LogP contribution in [0.4, 0.5) is 0 Å². The molecule has 1 aliphatic heterocycles. The maximum Gasteiger partial charge on any atom is 0.477 e. The van der Waals surface area contributed by atoms with Gasteiger partial charge in [-0.3, -0.25) is 13.6 Å². The van der Waals surface area contributed by atoms with Gasteiger partial charge in [-0.15, -0.1) is 0 Å². The Labute approximate surface area is 175 Å². The van der Waals surface area contributed by atoms with Crippen LogP contribution in [0.25, 0.3) is 0 Å². The van der Waals surface area contributed by atoms with Gasteiger partial charge < -0.3 is 9.84 Å². The third kappa shape index (κ3) is 4.40. The molecule has 0 bridgehead atoms. The third-order valence-electron chi connectivity index (χ3n) is 4.82. The average molecular weight is 426 g/mol. The first-order valence-corrected chi connectivity index (χ1v) is 11.1. The van der Waals surface area contributed by atoms with Crippen LogP contribution in [-0.4, -0.2) is 31.2 Å². The number of aliphatic hydroxyl groups is 1. The molecule has 1 aliphatic rings. The van der Waals surface area contributed by atoms with Crippen LogP contribution >= 0.6 is 7.82 Å². The normalized spacial score (nSPS) is 17.0. The lowest BCUT2D eigenvalue weighted by Gasteiger charge is -2.36. The van der Waals surface area contributed by atoms with E-state index in [0.717, 1.165) is 16.7 Å². The molecule has 0 aliphatic carbocycles. The number of hydrogen-bond acceptors (Lipinski definition) is 6. The van der Waals surface area contributed by atoms with Gasteiger partial charge in [-0.1, -0.05) is 91.0 Å². The third-order valence-corrected chi connectivity index (χ3v) is 6.32. The van der Waals surface area contributed by atoms with E-state index in [1.165, 1.54) is 0 Å². The quantitative estimate of drug-likeness (QED) is 0.325. The molecule has 0 spiro atoms. The maximum absolute atomic E-state index is 12.3. The predicted octanol–water partition coefficient (Wildman–Crippen LogP) is 4.49. The van der Waals surface area contributed by atoms with E-state index < -0.39 is 19.7 Å². The van der Waals surface area contributed by atoms with Crippen LogP contribution in [0.1, 0.15) is 16.7 Å². The van der Waals surface area contributed by atoms with Gasteiger partial charge in [0.2, 0.25) is 0 Å². The molecule has 1 unspecified atom stereocenters. The molecular weight excluding hydrogens is 403 g/mol. The van der Waals surface area contributed by atoms with Crippen molar-refractivity contribution in [2.24, 2.45) is 0 Å². The van der Waals surface area contributed by atoms with Gasteiger partial charge in [0, 0.05) is 0 Å². The Bertz CT molecular complexity index is 874. The Hall–Kier alpha value is -2.31. The van der Waals surface area contributed by atoms with Crippen molar-refractivity contribution in [2.75, 3.05) is 19.8 Å². The zero-order valence-corrected chi connectivity index (χ0v) is 17.2. The highest BCUT2D eigenvalue weighted by atomic mass is 31.2. The second-order valence-electron chi connectivity index (χ2n) is 6.76. The molecule has 156 valence electrons.